The lowest BCUT2D eigenvalue weighted by Gasteiger charge is -2.04. The Kier molecular flexibility index (Phi) is 2.86. The van der Waals surface area contributed by atoms with Gasteiger partial charge >= 0.3 is 0 Å². The van der Waals surface area contributed by atoms with Crippen LogP contribution in [0.4, 0.5) is 0 Å². The lowest BCUT2D eigenvalue weighted by atomic mass is 10.4. The summed E-state index contributed by atoms with van der Waals surface area (Å²) in [5.74, 6) is 0.630. The molecule has 0 N–H and O–H groups in total. The molecule has 4 nitrogen and oxygen atoms in total. The molecule has 0 saturated heterocycles. The molecule has 0 aromatic carbocycles. The quantitative estimate of drug-likeness (QED) is 0.738. The molecule has 2 aromatic heterocycles. The summed E-state index contributed by atoms with van der Waals surface area (Å²) in [5.41, 5.74) is 2.40. The van der Waals surface area contributed by atoms with E-state index in [4.69, 9.17) is 23.2 Å². The molecule has 0 fully saturated rings. The predicted octanol–water partition coefficient (Wildman–Crippen LogP) is 2.89. The van der Waals surface area contributed by atoms with Crippen LogP contribution in [0.3, 0.4) is 0 Å². The van der Waals surface area contributed by atoms with Gasteiger partial charge < -0.3 is 0 Å². The lowest BCUT2D eigenvalue weighted by molar-refractivity contribution is 0.797. The van der Waals surface area contributed by atoms with Crippen molar-refractivity contribution in [3.63, 3.8) is 0 Å². The van der Waals surface area contributed by atoms with Gasteiger partial charge in [-0.3, -0.25) is 0 Å². The molecule has 0 radical (unpaired) electrons. The number of hydrogen-bond donors (Lipinski definition) is 0. The maximum atomic E-state index is 6.07. The number of aromatic nitrogens is 4. The summed E-state index contributed by atoms with van der Waals surface area (Å²) in [4.78, 5) is 8.11. The van der Waals surface area contributed by atoms with Gasteiger partial charge in [-0.25, -0.2) is 9.67 Å². The lowest BCUT2D eigenvalue weighted by Crippen LogP contribution is -2.03. The van der Waals surface area contributed by atoms with Gasteiger partial charge in [0.25, 0.3) is 0 Å². The summed E-state index contributed by atoms with van der Waals surface area (Å²) in [7, 11) is 0. The summed E-state index contributed by atoms with van der Waals surface area (Å²) in [6.07, 6.45) is 0. The van der Waals surface area contributed by atoms with E-state index in [0.717, 1.165) is 17.1 Å². The molecule has 0 aliphatic rings. The Morgan fingerprint density at radius 2 is 1.81 bits per heavy atom. The zero-order valence-electron chi connectivity index (χ0n) is 9.12. The summed E-state index contributed by atoms with van der Waals surface area (Å²) in [6, 6.07) is 1.81. The smallest absolute Gasteiger partial charge is 0.223 e. The van der Waals surface area contributed by atoms with Crippen LogP contribution in [-0.2, 0) is 0 Å². The molecular formula is C10H10Cl2N4. The van der Waals surface area contributed by atoms with Crippen LogP contribution in [0, 0.1) is 20.8 Å². The van der Waals surface area contributed by atoms with E-state index in [1.54, 1.807) is 4.68 Å². The molecule has 2 aromatic rings. The molecular weight excluding hydrogens is 247 g/mol. The van der Waals surface area contributed by atoms with Crippen LogP contribution < -0.4 is 0 Å². The van der Waals surface area contributed by atoms with Crippen LogP contribution in [0.5, 0.6) is 0 Å². The summed E-state index contributed by atoms with van der Waals surface area (Å²) >= 11 is 11.9. The second-order valence-electron chi connectivity index (χ2n) is 3.53. The largest absolute Gasteiger partial charge is 0.224 e. The first-order valence-corrected chi connectivity index (χ1v) is 5.48. The monoisotopic (exact) mass is 256 g/mol. The van der Waals surface area contributed by atoms with Crippen molar-refractivity contribution in [2.75, 3.05) is 0 Å². The van der Waals surface area contributed by atoms with E-state index in [1.165, 1.54) is 0 Å². The number of nitrogens with zero attached hydrogens (tertiary/aromatic N) is 4. The fraction of sp³-hybridized carbons (Fsp3) is 0.300. The highest BCUT2D eigenvalue weighted by molar-refractivity contribution is 6.31. The molecule has 0 amide bonds. The van der Waals surface area contributed by atoms with Crippen molar-refractivity contribution >= 4 is 23.2 Å². The van der Waals surface area contributed by atoms with Crippen molar-refractivity contribution in [3.05, 3.63) is 33.5 Å². The molecule has 0 saturated carbocycles. The highest BCUT2D eigenvalue weighted by Crippen LogP contribution is 2.22. The number of aryl methyl sites for hydroxylation is 2. The van der Waals surface area contributed by atoms with Crippen molar-refractivity contribution in [3.8, 4) is 5.82 Å². The Morgan fingerprint density at radius 1 is 1.12 bits per heavy atom. The standard InChI is InChI=1S/C10H10Cl2N4/c1-5-4-8(14-10(12)13-5)16-7(3)9(11)6(2)15-16/h4H,1-3H3. The first-order valence-electron chi connectivity index (χ1n) is 4.72. The maximum absolute atomic E-state index is 6.07. The van der Waals surface area contributed by atoms with E-state index in [1.807, 2.05) is 26.8 Å². The van der Waals surface area contributed by atoms with Crippen LogP contribution in [0.2, 0.25) is 10.3 Å². The second-order valence-corrected chi connectivity index (χ2v) is 4.25. The van der Waals surface area contributed by atoms with Crippen LogP contribution in [0.1, 0.15) is 17.1 Å². The number of rotatable bonds is 1. The minimum atomic E-state index is 0.207. The minimum absolute atomic E-state index is 0.207. The van der Waals surface area contributed by atoms with Crippen molar-refractivity contribution < 1.29 is 0 Å². The zero-order valence-corrected chi connectivity index (χ0v) is 10.6. The maximum Gasteiger partial charge on any atom is 0.224 e. The van der Waals surface area contributed by atoms with Gasteiger partial charge in [0, 0.05) is 11.8 Å². The van der Waals surface area contributed by atoms with Crippen molar-refractivity contribution in [2.45, 2.75) is 20.8 Å². The van der Waals surface area contributed by atoms with Gasteiger partial charge in [-0.2, -0.15) is 10.1 Å². The summed E-state index contributed by atoms with van der Waals surface area (Å²) < 4.78 is 1.66. The van der Waals surface area contributed by atoms with E-state index in [0.29, 0.717) is 10.8 Å². The normalized spacial score (nSPS) is 10.8. The van der Waals surface area contributed by atoms with Crippen molar-refractivity contribution in [1.29, 1.82) is 0 Å². The molecule has 84 valence electrons. The van der Waals surface area contributed by atoms with Gasteiger partial charge in [-0.05, 0) is 32.4 Å². The van der Waals surface area contributed by atoms with Gasteiger partial charge in [0.15, 0.2) is 5.82 Å². The average Bonchev–Trinajstić information content (AvgIpc) is 2.44. The molecule has 0 bridgehead atoms. The van der Waals surface area contributed by atoms with Crippen molar-refractivity contribution in [1.82, 2.24) is 19.7 Å². The highest BCUT2D eigenvalue weighted by atomic mass is 35.5. The highest BCUT2D eigenvalue weighted by Gasteiger charge is 2.12. The Hall–Kier alpha value is -1.13. The van der Waals surface area contributed by atoms with E-state index in [9.17, 15) is 0 Å². The van der Waals surface area contributed by atoms with Crippen LogP contribution in [0.15, 0.2) is 6.07 Å². The van der Waals surface area contributed by atoms with E-state index in [-0.39, 0.29) is 5.28 Å². The molecule has 2 heterocycles. The molecule has 16 heavy (non-hydrogen) atoms. The SMILES string of the molecule is Cc1cc(-n2nc(C)c(Cl)c2C)nc(Cl)n1. The van der Waals surface area contributed by atoms with Crippen molar-refractivity contribution in [2.24, 2.45) is 0 Å². The first kappa shape index (κ1) is 11.4. The van der Waals surface area contributed by atoms with Gasteiger partial charge in [-0.1, -0.05) is 11.6 Å². The summed E-state index contributed by atoms with van der Waals surface area (Å²) in [6.45, 7) is 5.58. The third-order valence-electron chi connectivity index (χ3n) is 2.23. The zero-order chi connectivity index (χ0) is 11.9. The van der Waals surface area contributed by atoms with Gasteiger partial charge in [0.05, 0.1) is 16.4 Å². The fourth-order valence-electron chi connectivity index (χ4n) is 1.47. The first-order chi connectivity index (χ1) is 7.49. The third-order valence-corrected chi connectivity index (χ3v) is 2.95. The van der Waals surface area contributed by atoms with Gasteiger partial charge in [-0.15, -0.1) is 0 Å². The van der Waals surface area contributed by atoms with E-state index >= 15 is 0 Å². The Morgan fingerprint density at radius 3 is 2.31 bits per heavy atom. The van der Waals surface area contributed by atoms with Crippen LogP contribution in [0.25, 0.3) is 5.82 Å². The van der Waals surface area contributed by atoms with Crippen LogP contribution >= 0.6 is 23.2 Å². The minimum Gasteiger partial charge on any atom is -0.223 e. The third kappa shape index (κ3) is 1.90. The van der Waals surface area contributed by atoms with E-state index < -0.39 is 0 Å². The Balaban J connectivity index is 2.62. The van der Waals surface area contributed by atoms with Gasteiger partial charge in [0.1, 0.15) is 0 Å². The molecule has 0 aliphatic carbocycles. The molecule has 0 spiro atoms. The second kappa shape index (κ2) is 4.03. The Labute approximate surface area is 103 Å². The average molecular weight is 257 g/mol. The molecule has 6 heteroatoms. The van der Waals surface area contributed by atoms with Crippen LogP contribution in [-0.4, -0.2) is 19.7 Å². The molecule has 0 aliphatic heterocycles. The number of hydrogen-bond acceptors (Lipinski definition) is 3. The predicted molar refractivity (Wildman–Crippen MR) is 63.4 cm³/mol. The summed E-state index contributed by atoms with van der Waals surface area (Å²) in [5, 5.41) is 5.15. The van der Waals surface area contributed by atoms with E-state index in [2.05, 4.69) is 15.1 Å². The fourth-order valence-corrected chi connectivity index (χ4v) is 1.81. The molecule has 2 rings (SSSR count). The topological polar surface area (TPSA) is 43.6 Å². The molecule has 0 atom stereocenters. The number of halogens is 2. The Bertz CT molecular complexity index is 528. The molecule has 0 unspecified atom stereocenters. The van der Waals surface area contributed by atoms with Gasteiger partial charge in [0.2, 0.25) is 5.28 Å².